The van der Waals surface area contributed by atoms with E-state index >= 15 is 0 Å². The zero-order valence-corrected chi connectivity index (χ0v) is 11.4. The van der Waals surface area contributed by atoms with Crippen molar-refractivity contribution < 1.29 is 9.90 Å². The number of carboxylic acids is 1. The standard InChI is InChI=1S/C12H8ClN3O2S/c1-16(8-5-3-2-4-7(8)6-14)12-15-10(13)9(19-12)11(17)18/h2-5H,1H3,(H,17,18). The third-order valence-electron chi connectivity index (χ3n) is 2.44. The lowest BCUT2D eigenvalue weighted by atomic mass is 10.2. The van der Waals surface area contributed by atoms with Crippen LogP contribution < -0.4 is 4.90 Å². The fraction of sp³-hybridized carbons (Fsp3) is 0.0833. The molecule has 0 saturated heterocycles. The van der Waals surface area contributed by atoms with Crippen LogP contribution in [0.15, 0.2) is 24.3 Å². The van der Waals surface area contributed by atoms with Crippen LogP contribution in [0.25, 0.3) is 0 Å². The highest BCUT2D eigenvalue weighted by atomic mass is 35.5. The first-order valence-corrected chi connectivity index (χ1v) is 6.36. The Kier molecular flexibility index (Phi) is 3.69. The molecular weight excluding hydrogens is 286 g/mol. The van der Waals surface area contributed by atoms with Crippen molar-refractivity contribution in [1.82, 2.24) is 4.98 Å². The number of thiazole rings is 1. The number of hydrogen-bond donors (Lipinski definition) is 1. The average Bonchev–Trinajstić information content (AvgIpc) is 2.80. The number of rotatable bonds is 3. The fourth-order valence-corrected chi connectivity index (χ4v) is 2.63. The third-order valence-corrected chi connectivity index (χ3v) is 3.95. The monoisotopic (exact) mass is 293 g/mol. The quantitative estimate of drug-likeness (QED) is 0.940. The summed E-state index contributed by atoms with van der Waals surface area (Å²) in [6.45, 7) is 0. The molecule has 0 fully saturated rings. The van der Waals surface area contributed by atoms with Gasteiger partial charge in [-0.25, -0.2) is 9.78 Å². The Balaban J connectivity index is 2.45. The Morgan fingerprint density at radius 2 is 2.21 bits per heavy atom. The van der Waals surface area contributed by atoms with E-state index in [9.17, 15) is 4.79 Å². The molecule has 1 heterocycles. The van der Waals surface area contributed by atoms with Crippen LogP contribution in [0.3, 0.4) is 0 Å². The van der Waals surface area contributed by atoms with Gasteiger partial charge < -0.3 is 10.0 Å². The summed E-state index contributed by atoms with van der Waals surface area (Å²) in [6.07, 6.45) is 0. The van der Waals surface area contributed by atoms with E-state index in [0.717, 1.165) is 11.3 Å². The molecule has 1 aromatic heterocycles. The molecule has 0 radical (unpaired) electrons. The van der Waals surface area contributed by atoms with Crippen molar-refractivity contribution in [3.8, 4) is 6.07 Å². The van der Waals surface area contributed by atoms with Gasteiger partial charge in [-0.1, -0.05) is 35.1 Å². The van der Waals surface area contributed by atoms with Gasteiger partial charge in [0.1, 0.15) is 6.07 Å². The summed E-state index contributed by atoms with van der Waals surface area (Å²) < 4.78 is 0. The van der Waals surface area contributed by atoms with Gasteiger partial charge in [-0.15, -0.1) is 0 Å². The maximum absolute atomic E-state index is 10.9. The lowest BCUT2D eigenvalue weighted by Crippen LogP contribution is -2.10. The van der Waals surface area contributed by atoms with E-state index < -0.39 is 5.97 Å². The molecule has 0 spiro atoms. The number of carbonyl (C=O) groups is 1. The van der Waals surface area contributed by atoms with Crippen LogP contribution in [0.5, 0.6) is 0 Å². The molecule has 0 atom stereocenters. The summed E-state index contributed by atoms with van der Waals surface area (Å²) in [5.41, 5.74) is 1.13. The molecule has 0 aliphatic heterocycles. The second kappa shape index (κ2) is 5.26. The average molecular weight is 294 g/mol. The summed E-state index contributed by atoms with van der Waals surface area (Å²) in [6, 6.07) is 9.06. The van der Waals surface area contributed by atoms with Crippen molar-refractivity contribution in [2.75, 3.05) is 11.9 Å². The number of benzene rings is 1. The highest BCUT2D eigenvalue weighted by molar-refractivity contribution is 7.18. The van der Waals surface area contributed by atoms with Gasteiger partial charge in [-0.05, 0) is 12.1 Å². The molecular formula is C12H8ClN3O2S. The van der Waals surface area contributed by atoms with E-state index in [1.54, 1.807) is 36.2 Å². The summed E-state index contributed by atoms with van der Waals surface area (Å²) in [7, 11) is 1.71. The van der Waals surface area contributed by atoms with Gasteiger partial charge in [-0.3, -0.25) is 0 Å². The van der Waals surface area contributed by atoms with Crippen LogP contribution >= 0.6 is 22.9 Å². The number of halogens is 1. The number of nitrogens with zero attached hydrogens (tertiary/aromatic N) is 3. The zero-order valence-electron chi connectivity index (χ0n) is 9.79. The first-order chi connectivity index (χ1) is 9.04. The Bertz CT molecular complexity index is 678. The van der Waals surface area contributed by atoms with E-state index in [4.69, 9.17) is 22.0 Å². The molecule has 19 heavy (non-hydrogen) atoms. The van der Waals surface area contributed by atoms with Crippen LogP contribution in [-0.4, -0.2) is 23.1 Å². The second-order valence-corrected chi connectivity index (χ2v) is 4.95. The SMILES string of the molecule is CN(c1nc(Cl)c(C(=O)O)s1)c1ccccc1C#N. The molecule has 96 valence electrons. The summed E-state index contributed by atoms with van der Waals surface area (Å²) >= 11 is 6.74. The second-order valence-electron chi connectivity index (χ2n) is 3.61. The van der Waals surface area contributed by atoms with Gasteiger partial charge in [0, 0.05) is 7.05 Å². The fourth-order valence-electron chi connectivity index (χ4n) is 1.53. The molecule has 2 aromatic rings. The molecule has 2 rings (SSSR count). The molecule has 0 aliphatic carbocycles. The van der Waals surface area contributed by atoms with Crippen molar-refractivity contribution in [2.24, 2.45) is 0 Å². The predicted octanol–water partition coefficient (Wildman–Crippen LogP) is 3.13. The molecule has 0 bridgehead atoms. The van der Waals surface area contributed by atoms with E-state index in [1.165, 1.54) is 0 Å². The zero-order chi connectivity index (χ0) is 14.0. The van der Waals surface area contributed by atoms with Gasteiger partial charge in [0.2, 0.25) is 0 Å². The minimum atomic E-state index is -1.12. The predicted molar refractivity (Wildman–Crippen MR) is 73.3 cm³/mol. The van der Waals surface area contributed by atoms with Gasteiger partial charge in [0.25, 0.3) is 0 Å². The largest absolute Gasteiger partial charge is 0.477 e. The van der Waals surface area contributed by atoms with Gasteiger partial charge in [-0.2, -0.15) is 5.26 Å². The van der Waals surface area contributed by atoms with Crippen molar-refractivity contribution in [2.45, 2.75) is 0 Å². The number of anilines is 2. The van der Waals surface area contributed by atoms with E-state index in [0.29, 0.717) is 16.4 Å². The van der Waals surface area contributed by atoms with Gasteiger partial charge in [0.15, 0.2) is 15.2 Å². The van der Waals surface area contributed by atoms with Crippen LogP contribution in [0.4, 0.5) is 10.8 Å². The van der Waals surface area contributed by atoms with Crippen molar-refractivity contribution >= 4 is 39.7 Å². The van der Waals surface area contributed by atoms with Gasteiger partial charge in [0.05, 0.1) is 11.3 Å². The summed E-state index contributed by atoms with van der Waals surface area (Å²) in [4.78, 5) is 16.6. The lowest BCUT2D eigenvalue weighted by molar-refractivity contribution is 0.0702. The Morgan fingerprint density at radius 3 is 2.79 bits per heavy atom. The highest BCUT2D eigenvalue weighted by Crippen LogP contribution is 2.34. The normalized spacial score (nSPS) is 9.95. The number of aromatic nitrogens is 1. The lowest BCUT2D eigenvalue weighted by Gasteiger charge is -2.16. The van der Waals surface area contributed by atoms with Gasteiger partial charge >= 0.3 is 5.97 Å². The molecule has 0 saturated carbocycles. The summed E-state index contributed by atoms with van der Waals surface area (Å²) in [5.74, 6) is -1.12. The van der Waals surface area contributed by atoms with E-state index in [1.807, 2.05) is 0 Å². The maximum Gasteiger partial charge on any atom is 0.349 e. The summed E-state index contributed by atoms with van der Waals surface area (Å²) in [5, 5.41) is 18.4. The number of hydrogen-bond acceptors (Lipinski definition) is 5. The van der Waals surface area contributed by atoms with Crippen LogP contribution in [0.1, 0.15) is 15.2 Å². The van der Waals surface area contributed by atoms with Crippen LogP contribution in [-0.2, 0) is 0 Å². The number of carboxylic acid groups (broad SMARTS) is 1. The molecule has 0 amide bonds. The smallest absolute Gasteiger partial charge is 0.349 e. The third kappa shape index (κ3) is 2.52. The Morgan fingerprint density at radius 1 is 1.53 bits per heavy atom. The van der Waals surface area contributed by atoms with E-state index in [-0.39, 0.29) is 10.0 Å². The molecule has 0 unspecified atom stereocenters. The number of nitriles is 1. The number of para-hydroxylation sites is 1. The highest BCUT2D eigenvalue weighted by Gasteiger charge is 2.19. The first-order valence-electron chi connectivity index (χ1n) is 5.17. The molecule has 0 aliphatic rings. The van der Waals surface area contributed by atoms with Crippen molar-refractivity contribution in [1.29, 1.82) is 5.26 Å². The minimum absolute atomic E-state index is 0.0158. The molecule has 5 nitrogen and oxygen atoms in total. The Labute approximate surface area is 118 Å². The Hall–Kier alpha value is -2.10. The van der Waals surface area contributed by atoms with Crippen LogP contribution in [0, 0.1) is 11.3 Å². The maximum atomic E-state index is 10.9. The minimum Gasteiger partial charge on any atom is -0.477 e. The van der Waals surface area contributed by atoms with Crippen molar-refractivity contribution in [3.63, 3.8) is 0 Å². The van der Waals surface area contributed by atoms with E-state index in [2.05, 4.69) is 11.1 Å². The molecule has 1 aromatic carbocycles. The topological polar surface area (TPSA) is 77.2 Å². The molecule has 1 N–H and O–H groups in total. The van der Waals surface area contributed by atoms with Crippen molar-refractivity contribution in [3.05, 3.63) is 39.9 Å². The first kappa shape index (κ1) is 13.3. The van der Waals surface area contributed by atoms with Crippen LogP contribution in [0.2, 0.25) is 5.15 Å². The number of aromatic carboxylic acids is 1. The molecule has 7 heteroatoms.